The van der Waals surface area contributed by atoms with Crippen LogP contribution in [0, 0.1) is 0 Å². The van der Waals surface area contributed by atoms with Gasteiger partial charge in [0.2, 0.25) is 0 Å². The molecule has 0 aliphatic heterocycles. The number of aliphatic hydroxyl groups is 1. The molecule has 0 saturated heterocycles. The molecule has 4 aromatic rings. The van der Waals surface area contributed by atoms with E-state index in [1.54, 1.807) is 24.3 Å². The van der Waals surface area contributed by atoms with Crippen molar-refractivity contribution in [2.24, 2.45) is 0 Å². The molecule has 37 heavy (non-hydrogen) atoms. The first-order valence-electron chi connectivity index (χ1n) is 13.1. The van der Waals surface area contributed by atoms with Crippen molar-refractivity contribution in [3.63, 3.8) is 0 Å². The van der Waals surface area contributed by atoms with E-state index in [1.165, 1.54) is 11.1 Å². The molecule has 0 aliphatic rings. The lowest BCUT2D eigenvalue weighted by Gasteiger charge is -2.34. The van der Waals surface area contributed by atoms with E-state index in [-0.39, 0.29) is 23.5 Å². The molecule has 0 aromatic heterocycles. The Labute approximate surface area is 220 Å². The van der Waals surface area contributed by atoms with Crippen molar-refractivity contribution in [1.82, 2.24) is 4.90 Å². The summed E-state index contributed by atoms with van der Waals surface area (Å²) in [7, 11) is 0. The highest BCUT2D eigenvalue weighted by atomic mass is 16.3. The van der Waals surface area contributed by atoms with Crippen LogP contribution in [0.15, 0.2) is 109 Å². The first kappa shape index (κ1) is 26.5. The maximum atomic E-state index is 11.0. The molecule has 2 unspecified atom stereocenters. The fourth-order valence-corrected chi connectivity index (χ4v) is 4.93. The van der Waals surface area contributed by atoms with Crippen LogP contribution in [0.25, 0.3) is 0 Å². The third kappa shape index (κ3) is 7.94. The van der Waals surface area contributed by atoms with Crippen LogP contribution in [0.4, 0.5) is 0 Å². The zero-order valence-corrected chi connectivity index (χ0v) is 21.4. The number of aliphatic hydroxyl groups excluding tert-OH is 1. The third-order valence-electron chi connectivity index (χ3n) is 7.07. The van der Waals surface area contributed by atoms with Gasteiger partial charge in [0.1, 0.15) is 11.5 Å². The summed E-state index contributed by atoms with van der Waals surface area (Å²) in [5.74, 6) is 0.568. The molecular weight excluding hydrogens is 458 g/mol. The Hall–Kier alpha value is -3.60. The van der Waals surface area contributed by atoms with Crippen molar-refractivity contribution in [3.05, 3.63) is 131 Å². The van der Waals surface area contributed by atoms with Gasteiger partial charge in [-0.3, -0.25) is 4.90 Å². The molecule has 0 heterocycles. The predicted octanol–water partition coefficient (Wildman–Crippen LogP) is 6.50. The summed E-state index contributed by atoms with van der Waals surface area (Å²) in [5.41, 5.74) is 4.68. The van der Waals surface area contributed by atoms with Crippen molar-refractivity contribution in [3.8, 4) is 11.5 Å². The lowest BCUT2D eigenvalue weighted by molar-refractivity contribution is 0.0770. The summed E-state index contributed by atoms with van der Waals surface area (Å²) in [6.07, 6.45) is 1.95. The molecule has 0 aliphatic carbocycles. The van der Waals surface area contributed by atoms with E-state index in [1.807, 2.05) is 48.5 Å². The smallest absolute Gasteiger partial charge is 0.115 e. The Morgan fingerprint density at radius 1 is 0.649 bits per heavy atom. The van der Waals surface area contributed by atoms with Crippen molar-refractivity contribution >= 4 is 0 Å². The lowest BCUT2D eigenvalue weighted by atomic mass is 9.85. The standard InChI is InChI=1S/C33H37NO3/c1-25(22-33(28-13-18-30(35)19-14-28)29-15-20-31(36)21-16-29)34(23-27-10-6-3-7-11-27)24-32(37)17-12-26-8-4-2-5-9-26/h2-11,13-16,18-21,25,32-33,35-37H,12,17,22-24H2,1H3. The van der Waals surface area contributed by atoms with Crippen molar-refractivity contribution in [2.75, 3.05) is 6.54 Å². The Balaban J connectivity index is 1.53. The second-order valence-corrected chi connectivity index (χ2v) is 9.91. The third-order valence-corrected chi connectivity index (χ3v) is 7.07. The van der Waals surface area contributed by atoms with Crippen molar-refractivity contribution in [1.29, 1.82) is 0 Å². The minimum atomic E-state index is -0.438. The average Bonchev–Trinajstić information content (AvgIpc) is 2.92. The highest BCUT2D eigenvalue weighted by molar-refractivity contribution is 5.38. The Morgan fingerprint density at radius 2 is 1.14 bits per heavy atom. The first-order valence-corrected chi connectivity index (χ1v) is 13.1. The van der Waals surface area contributed by atoms with Gasteiger partial charge in [0.05, 0.1) is 6.10 Å². The molecule has 4 aromatic carbocycles. The van der Waals surface area contributed by atoms with Crippen LogP contribution in [0.3, 0.4) is 0 Å². The fourth-order valence-electron chi connectivity index (χ4n) is 4.93. The second-order valence-electron chi connectivity index (χ2n) is 9.91. The van der Waals surface area contributed by atoms with Gasteiger partial charge in [0.25, 0.3) is 0 Å². The number of benzene rings is 4. The van der Waals surface area contributed by atoms with Gasteiger partial charge < -0.3 is 15.3 Å². The molecular formula is C33H37NO3. The molecule has 0 fully saturated rings. The molecule has 0 spiro atoms. The molecule has 4 heteroatoms. The topological polar surface area (TPSA) is 63.9 Å². The van der Waals surface area contributed by atoms with Crippen LogP contribution >= 0.6 is 0 Å². The van der Waals surface area contributed by atoms with E-state index in [9.17, 15) is 15.3 Å². The number of phenolic OH excluding ortho intramolecular Hbond substituents is 2. The van der Waals surface area contributed by atoms with Gasteiger partial charge in [-0.15, -0.1) is 0 Å². The van der Waals surface area contributed by atoms with Crippen molar-refractivity contribution < 1.29 is 15.3 Å². The van der Waals surface area contributed by atoms with Gasteiger partial charge in [-0.05, 0) is 72.7 Å². The second kappa shape index (κ2) is 13.1. The fraction of sp³-hybridized carbons (Fsp3) is 0.273. The van der Waals surface area contributed by atoms with Gasteiger partial charge in [0.15, 0.2) is 0 Å². The van der Waals surface area contributed by atoms with Crippen molar-refractivity contribution in [2.45, 2.75) is 50.8 Å². The molecule has 4 nitrogen and oxygen atoms in total. The van der Waals surface area contributed by atoms with Crippen LogP contribution in [-0.2, 0) is 13.0 Å². The number of aryl methyl sites for hydroxylation is 1. The summed E-state index contributed by atoms with van der Waals surface area (Å²) in [6, 6.07) is 35.6. The summed E-state index contributed by atoms with van der Waals surface area (Å²) < 4.78 is 0. The van der Waals surface area contributed by atoms with E-state index in [0.29, 0.717) is 13.0 Å². The van der Waals surface area contributed by atoms with E-state index in [0.717, 1.165) is 30.5 Å². The summed E-state index contributed by atoms with van der Waals surface area (Å²) in [5, 5.41) is 30.7. The van der Waals surface area contributed by atoms with Crippen LogP contribution in [-0.4, -0.2) is 38.9 Å². The average molecular weight is 496 g/mol. The highest BCUT2D eigenvalue weighted by Crippen LogP contribution is 2.33. The number of hydrogen-bond acceptors (Lipinski definition) is 4. The zero-order valence-electron chi connectivity index (χ0n) is 21.4. The van der Waals surface area contributed by atoms with Crippen LogP contribution < -0.4 is 0 Å². The number of phenols is 2. The van der Waals surface area contributed by atoms with Gasteiger partial charge in [-0.1, -0.05) is 84.9 Å². The molecule has 2 atom stereocenters. The Morgan fingerprint density at radius 3 is 1.65 bits per heavy atom. The Bertz CT molecular complexity index is 1150. The largest absolute Gasteiger partial charge is 0.508 e. The molecule has 0 bridgehead atoms. The minimum absolute atomic E-state index is 0.0796. The predicted molar refractivity (Wildman–Crippen MR) is 150 cm³/mol. The SMILES string of the molecule is CC(CC(c1ccc(O)cc1)c1ccc(O)cc1)N(Cc1ccccc1)CC(O)CCc1ccccc1. The first-order chi connectivity index (χ1) is 18.0. The number of rotatable bonds is 12. The maximum absolute atomic E-state index is 11.0. The van der Waals surface area contributed by atoms with E-state index < -0.39 is 6.10 Å². The summed E-state index contributed by atoms with van der Waals surface area (Å²) in [6.45, 7) is 3.56. The van der Waals surface area contributed by atoms with E-state index in [4.69, 9.17) is 0 Å². The highest BCUT2D eigenvalue weighted by Gasteiger charge is 2.24. The van der Waals surface area contributed by atoms with Gasteiger partial charge in [-0.2, -0.15) is 0 Å². The normalized spacial score (nSPS) is 13.1. The van der Waals surface area contributed by atoms with Crippen LogP contribution in [0.2, 0.25) is 0 Å². The van der Waals surface area contributed by atoms with Gasteiger partial charge in [0, 0.05) is 25.0 Å². The van der Waals surface area contributed by atoms with Crippen LogP contribution in [0.5, 0.6) is 11.5 Å². The quantitative estimate of drug-likeness (QED) is 0.210. The molecule has 192 valence electrons. The summed E-state index contributed by atoms with van der Waals surface area (Å²) in [4.78, 5) is 2.37. The Kier molecular flexibility index (Phi) is 9.36. The van der Waals surface area contributed by atoms with E-state index in [2.05, 4.69) is 48.2 Å². The molecule has 3 N–H and O–H groups in total. The maximum Gasteiger partial charge on any atom is 0.115 e. The number of aromatic hydroxyl groups is 2. The molecule has 0 saturated carbocycles. The van der Waals surface area contributed by atoms with Gasteiger partial charge >= 0.3 is 0 Å². The van der Waals surface area contributed by atoms with E-state index >= 15 is 0 Å². The minimum Gasteiger partial charge on any atom is -0.508 e. The lowest BCUT2D eigenvalue weighted by Crippen LogP contribution is -2.39. The molecule has 0 radical (unpaired) electrons. The molecule has 0 amide bonds. The number of hydrogen-bond donors (Lipinski definition) is 3. The number of nitrogens with zero attached hydrogens (tertiary/aromatic N) is 1. The summed E-state index contributed by atoms with van der Waals surface area (Å²) >= 11 is 0. The van der Waals surface area contributed by atoms with Crippen LogP contribution in [0.1, 0.15) is 47.9 Å². The monoisotopic (exact) mass is 495 g/mol. The zero-order chi connectivity index (χ0) is 26.0. The van der Waals surface area contributed by atoms with Gasteiger partial charge in [-0.25, -0.2) is 0 Å². The molecule has 4 rings (SSSR count).